The van der Waals surface area contributed by atoms with Crippen LogP contribution in [0.4, 0.5) is 10.5 Å². The Morgan fingerprint density at radius 2 is 2.29 bits per heavy atom. The molecule has 0 radical (unpaired) electrons. The maximum Gasteiger partial charge on any atom is 0.316 e. The molecule has 0 aromatic heterocycles. The van der Waals surface area contributed by atoms with E-state index in [1.54, 1.807) is 0 Å². The van der Waals surface area contributed by atoms with Crippen molar-refractivity contribution in [3.05, 3.63) is 29.8 Å². The Balaban J connectivity index is 2.63. The zero-order valence-corrected chi connectivity index (χ0v) is 8.21. The van der Waals surface area contributed by atoms with Crippen molar-refractivity contribution in [1.29, 1.82) is 0 Å². The fourth-order valence-electron chi connectivity index (χ4n) is 1.22. The number of hydrogen-bond donors (Lipinski definition) is 3. The van der Waals surface area contributed by atoms with Gasteiger partial charge in [0.1, 0.15) is 0 Å². The van der Waals surface area contributed by atoms with Crippen LogP contribution >= 0.6 is 0 Å². The number of nitrogens with two attached hydrogens (primary N) is 1. The van der Waals surface area contributed by atoms with Crippen molar-refractivity contribution in [3.8, 4) is 0 Å². The molecule has 4 nitrogen and oxygen atoms in total. The summed E-state index contributed by atoms with van der Waals surface area (Å²) < 4.78 is 0. The second kappa shape index (κ2) is 5.24. The summed E-state index contributed by atoms with van der Waals surface area (Å²) in [6, 6.07) is 7.12. The normalized spacial score (nSPS) is 9.79. The molecule has 0 spiro atoms. The van der Waals surface area contributed by atoms with Crippen LogP contribution in [-0.2, 0) is 6.42 Å². The van der Waals surface area contributed by atoms with Gasteiger partial charge >= 0.3 is 6.03 Å². The number of urea groups is 1. The fourth-order valence-corrected chi connectivity index (χ4v) is 1.22. The highest BCUT2D eigenvalue weighted by atomic mass is 16.2. The van der Waals surface area contributed by atoms with Gasteiger partial charge in [0.05, 0.1) is 0 Å². The topological polar surface area (TPSA) is 67.2 Å². The van der Waals surface area contributed by atoms with E-state index in [9.17, 15) is 4.79 Å². The Hall–Kier alpha value is -1.55. The third-order valence-corrected chi connectivity index (χ3v) is 1.86. The largest absolute Gasteiger partial charge is 0.351 e. The molecule has 2 amide bonds. The number of benzene rings is 1. The molecular formula is C10H15N3O. The van der Waals surface area contributed by atoms with E-state index in [0.717, 1.165) is 18.7 Å². The molecule has 0 bridgehead atoms. The maximum atomic E-state index is 10.6. The average Bonchev–Trinajstić information content (AvgIpc) is 2.14. The number of amides is 2. The van der Waals surface area contributed by atoms with Crippen LogP contribution in [0.15, 0.2) is 24.3 Å². The van der Waals surface area contributed by atoms with Gasteiger partial charge in [0.25, 0.3) is 0 Å². The van der Waals surface area contributed by atoms with Crippen LogP contribution in [0.25, 0.3) is 0 Å². The third kappa shape index (κ3) is 3.45. The molecule has 1 aromatic rings. The van der Waals surface area contributed by atoms with E-state index < -0.39 is 6.03 Å². The second-order valence-corrected chi connectivity index (χ2v) is 3.04. The van der Waals surface area contributed by atoms with Crippen molar-refractivity contribution in [1.82, 2.24) is 5.32 Å². The minimum atomic E-state index is -0.532. The van der Waals surface area contributed by atoms with Crippen LogP contribution in [0, 0.1) is 0 Å². The van der Waals surface area contributed by atoms with Crippen LogP contribution in [0.1, 0.15) is 5.56 Å². The quantitative estimate of drug-likeness (QED) is 0.666. The molecule has 1 aromatic carbocycles. The highest BCUT2D eigenvalue weighted by Crippen LogP contribution is 2.10. The first-order valence-corrected chi connectivity index (χ1v) is 4.52. The molecule has 4 N–H and O–H groups in total. The van der Waals surface area contributed by atoms with E-state index in [1.165, 1.54) is 5.56 Å². The number of hydrogen-bond acceptors (Lipinski definition) is 2. The minimum Gasteiger partial charge on any atom is -0.351 e. The van der Waals surface area contributed by atoms with Gasteiger partial charge in [0.2, 0.25) is 0 Å². The average molecular weight is 193 g/mol. The summed E-state index contributed by atoms with van der Waals surface area (Å²) in [4.78, 5) is 10.6. The van der Waals surface area contributed by atoms with Crippen molar-refractivity contribution in [3.63, 3.8) is 0 Å². The van der Waals surface area contributed by atoms with E-state index in [-0.39, 0.29) is 0 Å². The fraction of sp³-hybridized carbons (Fsp3) is 0.300. The lowest BCUT2D eigenvalue weighted by atomic mass is 10.1. The van der Waals surface area contributed by atoms with Gasteiger partial charge in [-0.15, -0.1) is 0 Å². The number of carbonyl (C=O) groups excluding carboxylic acids is 1. The molecule has 0 atom stereocenters. The Morgan fingerprint density at radius 1 is 1.50 bits per heavy atom. The number of anilines is 1. The summed E-state index contributed by atoms with van der Waals surface area (Å²) in [6.45, 7) is 0.917. The summed E-state index contributed by atoms with van der Waals surface area (Å²) in [5.41, 5.74) is 6.93. The van der Waals surface area contributed by atoms with Crippen molar-refractivity contribution >= 4 is 11.7 Å². The number of likely N-dealkylation sites (N-methyl/N-ethyl adjacent to an activating group) is 1. The summed E-state index contributed by atoms with van der Waals surface area (Å²) in [5, 5.41) is 5.60. The lowest BCUT2D eigenvalue weighted by Crippen LogP contribution is -2.19. The Morgan fingerprint density at radius 3 is 2.93 bits per heavy atom. The molecule has 14 heavy (non-hydrogen) atoms. The molecule has 0 aliphatic heterocycles. The smallest absolute Gasteiger partial charge is 0.316 e. The number of carbonyl (C=O) groups is 1. The van der Waals surface area contributed by atoms with Gasteiger partial charge in [-0.1, -0.05) is 12.1 Å². The predicted molar refractivity (Wildman–Crippen MR) is 57.3 cm³/mol. The van der Waals surface area contributed by atoms with E-state index in [0.29, 0.717) is 0 Å². The molecule has 76 valence electrons. The summed E-state index contributed by atoms with van der Waals surface area (Å²) in [5.74, 6) is 0. The molecule has 0 saturated heterocycles. The van der Waals surface area contributed by atoms with Gasteiger partial charge in [-0.3, -0.25) is 0 Å². The monoisotopic (exact) mass is 193 g/mol. The summed E-state index contributed by atoms with van der Waals surface area (Å²) in [6.07, 6.45) is 0.935. The highest BCUT2D eigenvalue weighted by Gasteiger charge is 1.97. The zero-order chi connectivity index (χ0) is 10.4. The molecule has 4 heteroatoms. The molecule has 0 aliphatic rings. The standard InChI is InChI=1S/C10H15N3O/c1-12-6-5-8-3-2-4-9(7-8)13-10(11)14/h2-4,7,12H,5-6H2,1H3,(H3,11,13,14). The Bertz CT molecular complexity index is 312. The molecule has 1 rings (SSSR count). The van der Waals surface area contributed by atoms with Gasteiger partial charge in [-0.05, 0) is 37.7 Å². The number of nitrogens with one attached hydrogen (secondary N) is 2. The summed E-state index contributed by atoms with van der Waals surface area (Å²) in [7, 11) is 1.91. The predicted octanol–water partition coefficient (Wildman–Crippen LogP) is 0.939. The van der Waals surface area contributed by atoms with Crippen LogP contribution in [0.3, 0.4) is 0 Å². The van der Waals surface area contributed by atoms with Crippen LogP contribution in [0.5, 0.6) is 0 Å². The van der Waals surface area contributed by atoms with Gasteiger partial charge in [-0.2, -0.15) is 0 Å². The second-order valence-electron chi connectivity index (χ2n) is 3.04. The minimum absolute atomic E-state index is 0.532. The molecular weight excluding hydrogens is 178 g/mol. The van der Waals surface area contributed by atoms with E-state index in [1.807, 2.05) is 31.3 Å². The first-order chi connectivity index (χ1) is 6.72. The Kier molecular flexibility index (Phi) is 3.94. The lowest BCUT2D eigenvalue weighted by molar-refractivity contribution is 0.259. The SMILES string of the molecule is CNCCc1cccc(NC(N)=O)c1. The third-order valence-electron chi connectivity index (χ3n) is 1.86. The van der Waals surface area contributed by atoms with Crippen LogP contribution in [0.2, 0.25) is 0 Å². The lowest BCUT2D eigenvalue weighted by Gasteiger charge is -2.04. The number of rotatable bonds is 4. The summed E-state index contributed by atoms with van der Waals surface area (Å²) >= 11 is 0. The number of primary amides is 1. The van der Waals surface area contributed by atoms with Crippen molar-refractivity contribution in [2.75, 3.05) is 18.9 Å². The van der Waals surface area contributed by atoms with Gasteiger partial charge < -0.3 is 16.4 Å². The van der Waals surface area contributed by atoms with Crippen molar-refractivity contribution in [2.45, 2.75) is 6.42 Å². The first-order valence-electron chi connectivity index (χ1n) is 4.52. The van der Waals surface area contributed by atoms with E-state index >= 15 is 0 Å². The van der Waals surface area contributed by atoms with E-state index in [4.69, 9.17) is 5.73 Å². The maximum absolute atomic E-state index is 10.6. The first kappa shape index (κ1) is 10.5. The molecule has 0 heterocycles. The molecule has 0 aliphatic carbocycles. The molecule has 0 fully saturated rings. The Labute approximate surface area is 83.5 Å². The molecule has 0 unspecified atom stereocenters. The van der Waals surface area contributed by atoms with Crippen LogP contribution < -0.4 is 16.4 Å². The van der Waals surface area contributed by atoms with Gasteiger partial charge in [-0.25, -0.2) is 4.79 Å². The van der Waals surface area contributed by atoms with Crippen molar-refractivity contribution < 1.29 is 4.79 Å². The molecule has 0 saturated carbocycles. The van der Waals surface area contributed by atoms with Gasteiger partial charge in [0.15, 0.2) is 0 Å². The van der Waals surface area contributed by atoms with Gasteiger partial charge in [0, 0.05) is 5.69 Å². The van der Waals surface area contributed by atoms with E-state index in [2.05, 4.69) is 10.6 Å². The zero-order valence-electron chi connectivity index (χ0n) is 8.21. The van der Waals surface area contributed by atoms with Crippen molar-refractivity contribution in [2.24, 2.45) is 5.73 Å². The van der Waals surface area contributed by atoms with Crippen LogP contribution in [-0.4, -0.2) is 19.6 Å². The highest BCUT2D eigenvalue weighted by molar-refractivity contribution is 5.87.